The number of imidazole rings is 1. The Labute approximate surface area is 167 Å². The molecule has 0 aliphatic carbocycles. The van der Waals surface area contributed by atoms with Crippen LogP contribution in [0.15, 0.2) is 36.8 Å². The van der Waals surface area contributed by atoms with E-state index in [9.17, 15) is 9.90 Å². The van der Waals surface area contributed by atoms with Crippen LogP contribution >= 0.6 is 0 Å². The average molecular weight is 391 g/mol. The lowest BCUT2D eigenvalue weighted by Gasteiger charge is -2.16. The third-order valence-electron chi connectivity index (χ3n) is 5.13. The van der Waals surface area contributed by atoms with Crippen molar-refractivity contribution in [2.75, 3.05) is 18.0 Å². The van der Waals surface area contributed by atoms with Gasteiger partial charge in [0, 0.05) is 19.3 Å². The number of nitriles is 1. The number of aliphatic hydroxyl groups is 1. The van der Waals surface area contributed by atoms with Crippen LogP contribution < -0.4 is 10.2 Å². The largest absolute Gasteiger partial charge is 0.389 e. The number of anilines is 1. The molecule has 1 saturated heterocycles. The summed E-state index contributed by atoms with van der Waals surface area (Å²) in [5.74, 6) is 0.596. The number of fused-ring (bicyclic) bond motifs is 1. The smallest absolute Gasteiger partial charge is 0.272 e. The number of hydrogen-bond donors (Lipinski definition) is 2. The molecular weight excluding hydrogens is 370 g/mol. The van der Waals surface area contributed by atoms with Crippen molar-refractivity contribution in [1.82, 2.24) is 24.9 Å². The second-order valence-corrected chi connectivity index (χ2v) is 7.44. The number of amides is 1. The highest BCUT2D eigenvalue weighted by Gasteiger charge is 2.34. The number of rotatable bonds is 4. The SMILES string of the molecule is CC(C)c1ccc2c(C(=O)N[C@@H]3CN(c4ccc(C#N)nn4)C[C@@H]3O)ncn2c1. The van der Waals surface area contributed by atoms with Crippen molar-refractivity contribution in [3.63, 3.8) is 0 Å². The summed E-state index contributed by atoms with van der Waals surface area (Å²) in [4.78, 5) is 18.9. The third kappa shape index (κ3) is 3.62. The van der Waals surface area contributed by atoms with Gasteiger partial charge in [-0.1, -0.05) is 19.9 Å². The number of carbonyl (C=O) groups is 1. The maximum atomic E-state index is 12.8. The second kappa shape index (κ2) is 7.48. The van der Waals surface area contributed by atoms with Crippen LogP contribution in [0, 0.1) is 11.3 Å². The standard InChI is InChI=1S/C20H21N7O2/c1-12(2)13-3-5-16-19(22-11-27(16)8-13)20(29)23-15-9-26(10-17(15)28)18-6-4-14(7-21)24-25-18/h3-6,8,11-12,15,17,28H,9-10H2,1-2H3,(H,23,29)/t15-,17+/m1/s1. The van der Waals surface area contributed by atoms with E-state index in [4.69, 9.17) is 5.26 Å². The fourth-order valence-corrected chi connectivity index (χ4v) is 3.44. The highest BCUT2D eigenvalue weighted by molar-refractivity contribution is 5.99. The summed E-state index contributed by atoms with van der Waals surface area (Å²) < 4.78 is 1.84. The number of nitrogens with one attached hydrogen (secondary N) is 1. The molecule has 29 heavy (non-hydrogen) atoms. The van der Waals surface area contributed by atoms with Gasteiger partial charge in [0.2, 0.25) is 0 Å². The molecule has 2 N–H and O–H groups in total. The van der Waals surface area contributed by atoms with Crippen LogP contribution in [-0.4, -0.2) is 55.8 Å². The maximum absolute atomic E-state index is 12.8. The van der Waals surface area contributed by atoms with E-state index >= 15 is 0 Å². The minimum atomic E-state index is -0.752. The van der Waals surface area contributed by atoms with Crippen LogP contribution in [0.4, 0.5) is 5.82 Å². The summed E-state index contributed by atoms with van der Waals surface area (Å²) in [5, 5.41) is 29.9. The number of aromatic nitrogens is 4. The first-order valence-electron chi connectivity index (χ1n) is 9.40. The van der Waals surface area contributed by atoms with E-state index in [0.717, 1.165) is 5.56 Å². The topological polar surface area (TPSA) is 119 Å². The van der Waals surface area contributed by atoms with Crippen LogP contribution in [0.5, 0.6) is 0 Å². The highest BCUT2D eigenvalue weighted by Crippen LogP contribution is 2.20. The van der Waals surface area contributed by atoms with Crippen molar-refractivity contribution in [2.45, 2.75) is 31.9 Å². The van der Waals surface area contributed by atoms with Gasteiger partial charge in [-0.3, -0.25) is 4.79 Å². The molecule has 3 aromatic rings. The van der Waals surface area contributed by atoms with Crippen molar-refractivity contribution in [3.8, 4) is 6.07 Å². The fourth-order valence-electron chi connectivity index (χ4n) is 3.44. The first kappa shape index (κ1) is 18.8. The summed E-state index contributed by atoms with van der Waals surface area (Å²) >= 11 is 0. The summed E-state index contributed by atoms with van der Waals surface area (Å²) in [6.07, 6.45) is 2.84. The van der Waals surface area contributed by atoms with E-state index in [2.05, 4.69) is 34.3 Å². The molecule has 9 nitrogen and oxygen atoms in total. The van der Waals surface area contributed by atoms with E-state index < -0.39 is 12.1 Å². The Morgan fingerprint density at radius 3 is 2.79 bits per heavy atom. The van der Waals surface area contributed by atoms with E-state index in [-0.39, 0.29) is 11.6 Å². The molecule has 0 bridgehead atoms. The summed E-state index contributed by atoms with van der Waals surface area (Å²) in [6, 6.07) is 8.59. The molecule has 0 radical (unpaired) electrons. The summed E-state index contributed by atoms with van der Waals surface area (Å²) in [7, 11) is 0. The molecule has 1 fully saturated rings. The molecule has 0 saturated carbocycles. The molecule has 0 spiro atoms. The molecule has 1 aliphatic rings. The Bertz CT molecular complexity index is 1080. The van der Waals surface area contributed by atoms with Crippen LogP contribution in [0.2, 0.25) is 0 Å². The molecule has 4 rings (SSSR count). The highest BCUT2D eigenvalue weighted by atomic mass is 16.3. The zero-order valence-corrected chi connectivity index (χ0v) is 16.1. The third-order valence-corrected chi connectivity index (χ3v) is 5.13. The van der Waals surface area contributed by atoms with Gasteiger partial charge in [-0.15, -0.1) is 10.2 Å². The van der Waals surface area contributed by atoms with Gasteiger partial charge in [-0.25, -0.2) is 4.98 Å². The van der Waals surface area contributed by atoms with E-state index in [1.165, 1.54) is 0 Å². The zero-order chi connectivity index (χ0) is 20.5. The number of carbonyl (C=O) groups excluding carboxylic acids is 1. The quantitative estimate of drug-likeness (QED) is 0.683. The molecule has 1 aliphatic heterocycles. The number of β-amino-alcohol motifs (C(OH)–C–C–N with tert-alkyl or cyclic N) is 1. The van der Waals surface area contributed by atoms with E-state index in [1.807, 2.05) is 33.7 Å². The first-order chi connectivity index (χ1) is 14.0. The van der Waals surface area contributed by atoms with Crippen LogP contribution in [0.25, 0.3) is 5.52 Å². The Balaban J connectivity index is 1.48. The second-order valence-electron chi connectivity index (χ2n) is 7.44. The minimum absolute atomic E-state index is 0.227. The maximum Gasteiger partial charge on any atom is 0.272 e. The predicted molar refractivity (Wildman–Crippen MR) is 106 cm³/mol. The molecule has 4 heterocycles. The number of nitrogens with zero attached hydrogens (tertiary/aromatic N) is 6. The van der Waals surface area contributed by atoms with E-state index in [0.29, 0.717) is 36.0 Å². The predicted octanol–water partition coefficient (Wildman–Crippen LogP) is 1.10. The van der Waals surface area contributed by atoms with Crippen LogP contribution in [0.3, 0.4) is 0 Å². The lowest BCUT2D eigenvalue weighted by molar-refractivity contribution is 0.0886. The lowest BCUT2D eigenvalue weighted by atomic mass is 10.1. The van der Waals surface area contributed by atoms with Crippen molar-refractivity contribution >= 4 is 17.2 Å². The minimum Gasteiger partial charge on any atom is -0.389 e. The Morgan fingerprint density at radius 2 is 2.10 bits per heavy atom. The monoisotopic (exact) mass is 391 g/mol. The molecule has 9 heteroatoms. The van der Waals surface area contributed by atoms with Crippen molar-refractivity contribution < 1.29 is 9.90 Å². The molecule has 2 atom stereocenters. The average Bonchev–Trinajstić information content (AvgIpc) is 3.31. The van der Waals surface area contributed by atoms with E-state index in [1.54, 1.807) is 18.5 Å². The van der Waals surface area contributed by atoms with Gasteiger partial charge in [0.15, 0.2) is 17.2 Å². The zero-order valence-electron chi connectivity index (χ0n) is 16.1. The molecule has 0 aromatic carbocycles. The Kier molecular flexibility index (Phi) is 4.86. The number of aliphatic hydroxyl groups excluding tert-OH is 1. The first-order valence-corrected chi connectivity index (χ1v) is 9.40. The van der Waals surface area contributed by atoms with Gasteiger partial charge >= 0.3 is 0 Å². The normalized spacial score (nSPS) is 18.9. The molecule has 0 unspecified atom stereocenters. The fraction of sp³-hybridized carbons (Fsp3) is 0.350. The van der Waals surface area contributed by atoms with Gasteiger partial charge in [0.05, 0.1) is 17.7 Å². The Hall–Kier alpha value is -3.51. The molecule has 3 aromatic heterocycles. The lowest BCUT2D eigenvalue weighted by Crippen LogP contribution is -2.43. The molecular formula is C20H21N7O2. The van der Waals surface area contributed by atoms with Gasteiger partial charge in [-0.2, -0.15) is 5.26 Å². The van der Waals surface area contributed by atoms with Crippen LogP contribution in [-0.2, 0) is 0 Å². The molecule has 1 amide bonds. The van der Waals surface area contributed by atoms with Gasteiger partial charge in [0.25, 0.3) is 5.91 Å². The number of hydrogen-bond acceptors (Lipinski definition) is 7. The summed E-state index contributed by atoms with van der Waals surface area (Å²) in [5.41, 5.74) is 2.43. The Morgan fingerprint density at radius 1 is 1.28 bits per heavy atom. The number of pyridine rings is 1. The van der Waals surface area contributed by atoms with Gasteiger partial charge in [0.1, 0.15) is 12.4 Å². The van der Waals surface area contributed by atoms with Gasteiger partial charge < -0.3 is 19.7 Å². The molecule has 148 valence electrons. The van der Waals surface area contributed by atoms with Gasteiger partial charge in [-0.05, 0) is 29.7 Å². The summed E-state index contributed by atoms with van der Waals surface area (Å²) in [6.45, 7) is 4.92. The van der Waals surface area contributed by atoms with Crippen molar-refractivity contribution in [1.29, 1.82) is 5.26 Å². The van der Waals surface area contributed by atoms with Crippen molar-refractivity contribution in [2.24, 2.45) is 0 Å². The van der Waals surface area contributed by atoms with Crippen LogP contribution in [0.1, 0.15) is 41.5 Å². The van der Waals surface area contributed by atoms with Crippen molar-refractivity contribution in [3.05, 3.63) is 53.7 Å².